The molecule has 33 heavy (non-hydrogen) atoms. The maximum Gasteiger partial charge on any atom is 0.101 e. The summed E-state index contributed by atoms with van der Waals surface area (Å²) in [5.74, 6) is 0. The Bertz CT molecular complexity index is 1380. The standard InChI is InChI=1S/C26H27N7/c1-2-19-16-32(24-8-5-18(15-27)26-22(24)4-3-9-29-26)17-25-21-7-6-20(14-23(21)30-33(19)25)31-12-10-28-11-13-31/h3-9,14,19,28H,2,10-13,16-17H2,1H3. The van der Waals surface area contributed by atoms with Crippen molar-refractivity contribution >= 4 is 33.2 Å². The molecule has 0 radical (unpaired) electrons. The Morgan fingerprint density at radius 1 is 1.09 bits per heavy atom. The van der Waals surface area contributed by atoms with Crippen LogP contribution in [0.3, 0.4) is 0 Å². The molecule has 1 atom stereocenters. The zero-order valence-electron chi connectivity index (χ0n) is 18.8. The number of benzene rings is 2. The molecule has 166 valence electrons. The largest absolute Gasteiger partial charge is 0.369 e. The molecule has 0 aliphatic carbocycles. The molecule has 1 unspecified atom stereocenters. The van der Waals surface area contributed by atoms with Gasteiger partial charge in [-0.05, 0) is 48.9 Å². The zero-order chi connectivity index (χ0) is 22.4. The highest BCUT2D eigenvalue weighted by Gasteiger charge is 2.28. The Kier molecular flexibility index (Phi) is 4.88. The first kappa shape index (κ1) is 20.0. The van der Waals surface area contributed by atoms with Gasteiger partial charge in [0.25, 0.3) is 0 Å². The fourth-order valence-corrected chi connectivity index (χ4v) is 5.31. The first-order valence-electron chi connectivity index (χ1n) is 11.8. The molecule has 4 aromatic rings. The number of piperazine rings is 1. The molecule has 1 N–H and O–H groups in total. The van der Waals surface area contributed by atoms with Crippen molar-refractivity contribution in [2.75, 3.05) is 42.5 Å². The van der Waals surface area contributed by atoms with Gasteiger partial charge in [-0.25, -0.2) is 0 Å². The van der Waals surface area contributed by atoms with Crippen molar-refractivity contribution in [3.63, 3.8) is 0 Å². The summed E-state index contributed by atoms with van der Waals surface area (Å²) in [5.41, 5.74) is 6.12. The lowest BCUT2D eigenvalue weighted by atomic mass is 10.0. The van der Waals surface area contributed by atoms with Crippen molar-refractivity contribution in [1.82, 2.24) is 20.1 Å². The van der Waals surface area contributed by atoms with Crippen LogP contribution in [0.1, 0.15) is 30.6 Å². The number of fused-ring (bicyclic) bond motifs is 4. The van der Waals surface area contributed by atoms with Gasteiger partial charge in [-0.1, -0.05) is 6.92 Å². The van der Waals surface area contributed by atoms with Crippen molar-refractivity contribution < 1.29 is 0 Å². The van der Waals surface area contributed by atoms with Crippen LogP contribution in [-0.2, 0) is 6.54 Å². The Hall–Kier alpha value is -3.63. The number of rotatable bonds is 3. The van der Waals surface area contributed by atoms with Crippen molar-refractivity contribution in [2.45, 2.75) is 25.9 Å². The molecular weight excluding hydrogens is 410 g/mol. The van der Waals surface area contributed by atoms with Crippen LogP contribution in [0.2, 0.25) is 0 Å². The lowest BCUT2D eigenvalue weighted by Gasteiger charge is -2.35. The summed E-state index contributed by atoms with van der Waals surface area (Å²) in [7, 11) is 0. The average molecular weight is 438 g/mol. The van der Waals surface area contributed by atoms with Crippen LogP contribution in [0, 0.1) is 11.3 Å². The quantitative estimate of drug-likeness (QED) is 0.525. The van der Waals surface area contributed by atoms with Gasteiger partial charge in [-0.15, -0.1) is 0 Å². The van der Waals surface area contributed by atoms with Gasteiger partial charge in [0.15, 0.2) is 0 Å². The van der Waals surface area contributed by atoms with Crippen molar-refractivity contribution in [1.29, 1.82) is 5.26 Å². The highest BCUT2D eigenvalue weighted by molar-refractivity contribution is 5.95. The van der Waals surface area contributed by atoms with E-state index < -0.39 is 0 Å². The maximum atomic E-state index is 9.53. The predicted octanol–water partition coefficient (Wildman–Crippen LogP) is 3.84. The van der Waals surface area contributed by atoms with E-state index in [4.69, 9.17) is 5.10 Å². The number of hydrogen-bond donors (Lipinski definition) is 1. The summed E-state index contributed by atoms with van der Waals surface area (Å²) in [4.78, 5) is 9.38. The van der Waals surface area contributed by atoms with Gasteiger partial charge >= 0.3 is 0 Å². The van der Waals surface area contributed by atoms with Crippen LogP contribution in [0.15, 0.2) is 48.7 Å². The first-order chi connectivity index (χ1) is 16.3. The Labute approximate surface area is 193 Å². The van der Waals surface area contributed by atoms with Crippen molar-refractivity contribution in [2.24, 2.45) is 0 Å². The molecular formula is C26H27N7. The molecule has 0 saturated carbocycles. The minimum Gasteiger partial charge on any atom is -0.369 e. The number of nitrogens with one attached hydrogen (secondary N) is 1. The molecule has 2 aromatic heterocycles. The van der Waals surface area contributed by atoms with Gasteiger partial charge in [-0.3, -0.25) is 9.67 Å². The molecule has 2 aliphatic rings. The number of anilines is 2. The van der Waals surface area contributed by atoms with Crippen molar-refractivity contribution in [3.05, 3.63) is 59.9 Å². The van der Waals surface area contributed by atoms with E-state index in [2.05, 4.69) is 68.1 Å². The molecule has 2 aliphatic heterocycles. The van der Waals surface area contributed by atoms with Gasteiger partial charge in [-0.2, -0.15) is 10.4 Å². The third-order valence-corrected chi connectivity index (χ3v) is 7.06. The summed E-state index contributed by atoms with van der Waals surface area (Å²) in [5, 5.41) is 20.3. The molecule has 7 nitrogen and oxygen atoms in total. The second kappa shape index (κ2) is 8.05. The third kappa shape index (κ3) is 3.30. The number of pyridine rings is 1. The minimum absolute atomic E-state index is 0.297. The SMILES string of the molecule is CCC1CN(c2ccc(C#N)c3ncccc23)Cc2c3ccc(N4CCNCC4)cc3nn21. The number of nitriles is 1. The van der Waals surface area contributed by atoms with Gasteiger partial charge in [0.2, 0.25) is 0 Å². The highest BCUT2D eigenvalue weighted by Crippen LogP contribution is 2.36. The van der Waals surface area contributed by atoms with E-state index in [1.165, 1.54) is 16.8 Å². The van der Waals surface area contributed by atoms with Crippen LogP contribution in [0.5, 0.6) is 0 Å². The fraction of sp³-hybridized carbons (Fsp3) is 0.346. The van der Waals surface area contributed by atoms with Crippen LogP contribution < -0.4 is 15.1 Å². The number of hydrogen-bond acceptors (Lipinski definition) is 6. The summed E-state index contributed by atoms with van der Waals surface area (Å²) in [6.45, 7) is 8.02. The smallest absolute Gasteiger partial charge is 0.101 e. The van der Waals surface area contributed by atoms with Gasteiger partial charge in [0.05, 0.1) is 34.9 Å². The first-order valence-corrected chi connectivity index (χ1v) is 11.8. The molecule has 6 rings (SSSR count). The van der Waals surface area contributed by atoms with Crippen LogP contribution >= 0.6 is 0 Å². The van der Waals surface area contributed by atoms with Crippen LogP contribution in [0.4, 0.5) is 11.4 Å². The van der Waals surface area contributed by atoms with E-state index >= 15 is 0 Å². The van der Waals surface area contributed by atoms with E-state index in [0.717, 1.165) is 67.8 Å². The third-order valence-electron chi connectivity index (χ3n) is 7.06. The molecule has 0 bridgehead atoms. The van der Waals surface area contributed by atoms with E-state index in [1.807, 2.05) is 12.1 Å². The van der Waals surface area contributed by atoms with E-state index in [1.54, 1.807) is 6.20 Å². The lowest BCUT2D eigenvalue weighted by Crippen LogP contribution is -2.43. The topological polar surface area (TPSA) is 73.0 Å². The molecule has 1 fully saturated rings. The number of nitrogens with zero attached hydrogens (tertiary/aromatic N) is 6. The lowest BCUT2D eigenvalue weighted by molar-refractivity contribution is 0.392. The molecule has 2 aromatic carbocycles. The average Bonchev–Trinajstić information content (AvgIpc) is 3.26. The Balaban J connectivity index is 1.42. The second-order valence-corrected chi connectivity index (χ2v) is 8.92. The van der Waals surface area contributed by atoms with E-state index in [0.29, 0.717) is 11.6 Å². The molecule has 0 amide bonds. The summed E-state index contributed by atoms with van der Waals surface area (Å²) in [6, 6.07) is 17.3. The minimum atomic E-state index is 0.297. The normalized spacial score (nSPS) is 18.5. The van der Waals surface area contributed by atoms with Gasteiger partial charge in [0.1, 0.15) is 6.07 Å². The molecule has 7 heteroatoms. The van der Waals surface area contributed by atoms with Gasteiger partial charge in [0, 0.05) is 61.1 Å². The van der Waals surface area contributed by atoms with E-state index in [9.17, 15) is 5.26 Å². The monoisotopic (exact) mass is 437 g/mol. The predicted molar refractivity (Wildman–Crippen MR) is 132 cm³/mol. The molecule has 4 heterocycles. The Morgan fingerprint density at radius 3 is 2.79 bits per heavy atom. The number of aromatic nitrogens is 3. The molecule has 1 saturated heterocycles. The second-order valence-electron chi connectivity index (χ2n) is 8.92. The maximum absolute atomic E-state index is 9.53. The summed E-state index contributed by atoms with van der Waals surface area (Å²) >= 11 is 0. The van der Waals surface area contributed by atoms with Crippen LogP contribution in [-0.4, -0.2) is 47.5 Å². The summed E-state index contributed by atoms with van der Waals surface area (Å²) in [6.07, 6.45) is 2.77. The zero-order valence-corrected chi connectivity index (χ0v) is 18.8. The fourth-order valence-electron chi connectivity index (χ4n) is 5.31. The summed E-state index contributed by atoms with van der Waals surface area (Å²) < 4.78 is 2.26. The van der Waals surface area contributed by atoms with Gasteiger partial charge < -0.3 is 15.1 Å². The Morgan fingerprint density at radius 2 is 1.97 bits per heavy atom. The highest BCUT2D eigenvalue weighted by atomic mass is 15.4. The van der Waals surface area contributed by atoms with Crippen molar-refractivity contribution in [3.8, 4) is 6.07 Å². The van der Waals surface area contributed by atoms with Crippen LogP contribution in [0.25, 0.3) is 21.8 Å². The van der Waals surface area contributed by atoms with E-state index in [-0.39, 0.29) is 0 Å². The molecule has 0 spiro atoms.